The Labute approximate surface area is 120 Å². The lowest BCUT2D eigenvalue weighted by Gasteiger charge is -2.06. The summed E-state index contributed by atoms with van der Waals surface area (Å²) in [4.78, 5) is 15.6. The topological polar surface area (TPSA) is 88.2 Å². The molecule has 6 heteroatoms. The van der Waals surface area contributed by atoms with Crippen molar-refractivity contribution in [2.75, 3.05) is 11.9 Å². The fourth-order valence-corrected chi connectivity index (χ4v) is 1.59. The number of carbonyl (C=O) groups is 1. The van der Waals surface area contributed by atoms with E-state index >= 15 is 0 Å². The number of rotatable bonds is 2. The number of nitrogens with zero attached hydrogens (tertiary/aromatic N) is 1. The van der Waals surface area contributed by atoms with E-state index in [0.29, 0.717) is 5.56 Å². The van der Waals surface area contributed by atoms with Crippen molar-refractivity contribution in [2.24, 2.45) is 5.73 Å². The maximum absolute atomic E-state index is 13.9. The zero-order chi connectivity index (χ0) is 15.2. The molecule has 0 aliphatic carbocycles. The Morgan fingerprint density at radius 1 is 1.38 bits per heavy atom. The number of hydrogen-bond donors (Lipinski definition) is 3. The van der Waals surface area contributed by atoms with Crippen LogP contribution in [0.5, 0.6) is 5.75 Å². The van der Waals surface area contributed by atoms with Crippen molar-refractivity contribution in [3.8, 4) is 17.6 Å². The van der Waals surface area contributed by atoms with Gasteiger partial charge < -0.3 is 16.2 Å². The number of amides is 1. The lowest BCUT2D eigenvalue weighted by Crippen LogP contribution is -2.13. The van der Waals surface area contributed by atoms with Crippen LogP contribution in [0.3, 0.4) is 0 Å². The van der Waals surface area contributed by atoms with Crippen LogP contribution in [-0.2, 0) is 0 Å². The van der Waals surface area contributed by atoms with Gasteiger partial charge >= 0.3 is 0 Å². The van der Waals surface area contributed by atoms with E-state index in [-0.39, 0.29) is 23.5 Å². The second-order valence-corrected chi connectivity index (χ2v) is 4.09. The number of halogens is 1. The maximum Gasteiger partial charge on any atom is 0.257 e. The molecule has 2 aromatic rings. The first-order chi connectivity index (χ1) is 10.1. The predicted octanol–water partition coefficient (Wildman–Crippen LogP) is 1.49. The van der Waals surface area contributed by atoms with Gasteiger partial charge in [0, 0.05) is 11.8 Å². The van der Waals surface area contributed by atoms with Crippen molar-refractivity contribution in [3.05, 3.63) is 53.6 Å². The zero-order valence-electron chi connectivity index (χ0n) is 10.9. The van der Waals surface area contributed by atoms with E-state index in [1.807, 2.05) is 0 Å². The van der Waals surface area contributed by atoms with E-state index in [1.165, 1.54) is 30.6 Å². The van der Waals surface area contributed by atoms with Crippen molar-refractivity contribution in [1.29, 1.82) is 0 Å². The SMILES string of the molecule is NCC#Cc1ccc(NC(=O)c2cncc(O)c2)c(F)c1. The van der Waals surface area contributed by atoms with Gasteiger partial charge in [-0.05, 0) is 24.3 Å². The first-order valence-corrected chi connectivity index (χ1v) is 6.04. The van der Waals surface area contributed by atoms with Gasteiger partial charge in [-0.3, -0.25) is 9.78 Å². The number of hydrogen-bond acceptors (Lipinski definition) is 4. The van der Waals surface area contributed by atoms with Crippen molar-refractivity contribution in [2.45, 2.75) is 0 Å². The van der Waals surface area contributed by atoms with Gasteiger partial charge in [0.2, 0.25) is 0 Å². The predicted molar refractivity (Wildman–Crippen MR) is 76.2 cm³/mol. The Bertz CT molecular complexity index is 735. The highest BCUT2D eigenvalue weighted by molar-refractivity contribution is 6.04. The molecule has 0 unspecified atom stereocenters. The lowest BCUT2D eigenvalue weighted by molar-refractivity contribution is 0.102. The Hall–Kier alpha value is -2.91. The number of aromatic hydroxyl groups is 1. The Balaban J connectivity index is 2.18. The van der Waals surface area contributed by atoms with Crippen LogP contribution in [0, 0.1) is 17.7 Å². The van der Waals surface area contributed by atoms with Gasteiger partial charge in [-0.1, -0.05) is 11.8 Å². The average molecular weight is 285 g/mol. The number of aromatic nitrogens is 1. The number of anilines is 1. The summed E-state index contributed by atoms with van der Waals surface area (Å²) in [6.45, 7) is 0.185. The quantitative estimate of drug-likeness (QED) is 0.729. The highest BCUT2D eigenvalue weighted by Crippen LogP contribution is 2.17. The molecule has 0 aliphatic heterocycles. The number of carbonyl (C=O) groups excluding carboxylic acids is 1. The summed E-state index contributed by atoms with van der Waals surface area (Å²) in [5.74, 6) is 3.98. The van der Waals surface area contributed by atoms with Crippen LogP contribution in [0.15, 0.2) is 36.7 Å². The Kier molecular flexibility index (Phi) is 4.49. The molecule has 1 aromatic heterocycles. The highest BCUT2D eigenvalue weighted by Gasteiger charge is 2.10. The summed E-state index contributed by atoms with van der Waals surface area (Å²) in [5.41, 5.74) is 5.85. The molecule has 0 saturated heterocycles. The molecule has 0 radical (unpaired) electrons. The van der Waals surface area contributed by atoms with Crippen molar-refractivity contribution in [3.63, 3.8) is 0 Å². The molecule has 0 bridgehead atoms. The van der Waals surface area contributed by atoms with Gasteiger partial charge in [0.25, 0.3) is 5.91 Å². The fourth-order valence-electron chi connectivity index (χ4n) is 1.59. The van der Waals surface area contributed by atoms with Crippen LogP contribution in [0.4, 0.5) is 10.1 Å². The van der Waals surface area contributed by atoms with Crippen LogP contribution in [-0.4, -0.2) is 22.5 Å². The fraction of sp³-hybridized carbons (Fsp3) is 0.0667. The molecule has 0 saturated carbocycles. The first-order valence-electron chi connectivity index (χ1n) is 6.04. The minimum absolute atomic E-state index is 0.0154. The average Bonchev–Trinajstić information content (AvgIpc) is 2.47. The van der Waals surface area contributed by atoms with Gasteiger partial charge in [0.05, 0.1) is 24.0 Å². The van der Waals surface area contributed by atoms with Crippen LogP contribution in [0.2, 0.25) is 0 Å². The van der Waals surface area contributed by atoms with Crippen molar-refractivity contribution < 1.29 is 14.3 Å². The van der Waals surface area contributed by atoms with E-state index in [9.17, 15) is 14.3 Å². The summed E-state index contributed by atoms with van der Waals surface area (Å²) in [6, 6.07) is 5.42. The molecule has 0 aliphatic rings. The standard InChI is InChI=1S/C15H12FN3O2/c16-13-6-10(2-1-5-17)3-4-14(13)19-15(21)11-7-12(20)9-18-8-11/h3-4,6-9,20H,5,17H2,(H,19,21). The smallest absolute Gasteiger partial charge is 0.257 e. The number of benzene rings is 1. The minimum Gasteiger partial charge on any atom is -0.506 e. The first kappa shape index (κ1) is 14.5. The summed E-state index contributed by atoms with van der Waals surface area (Å²) in [6.07, 6.45) is 2.47. The van der Waals surface area contributed by atoms with E-state index in [0.717, 1.165) is 0 Å². The van der Waals surface area contributed by atoms with Gasteiger partial charge in [-0.15, -0.1) is 0 Å². The third kappa shape index (κ3) is 3.78. The minimum atomic E-state index is -0.611. The van der Waals surface area contributed by atoms with E-state index < -0.39 is 11.7 Å². The molecule has 106 valence electrons. The van der Waals surface area contributed by atoms with Crippen molar-refractivity contribution >= 4 is 11.6 Å². The van der Waals surface area contributed by atoms with Gasteiger partial charge in [0.15, 0.2) is 0 Å². The normalized spacial score (nSPS) is 9.62. The molecule has 1 heterocycles. The van der Waals surface area contributed by atoms with E-state index in [2.05, 4.69) is 22.1 Å². The number of nitrogens with two attached hydrogens (primary N) is 1. The number of pyridine rings is 1. The molecule has 0 atom stereocenters. The monoisotopic (exact) mass is 285 g/mol. The molecule has 1 amide bonds. The Morgan fingerprint density at radius 2 is 2.19 bits per heavy atom. The lowest BCUT2D eigenvalue weighted by atomic mass is 10.2. The molecule has 0 spiro atoms. The van der Waals surface area contributed by atoms with Gasteiger partial charge in [-0.2, -0.15) is 0 Å². The molecular formula is C15H12FN3O2. The van der Waals surface area contributed by atoms with Gasteiger partial charge in [0.1, 0.15) is 11.6 Å². The molecule has 0 fully saturated rings. The third-order valence-electron chi connectivity index (χ3n) is 2.54. The number of nitrogens with one attached hydrogen (secondary N) is 1. The van der Waals surface area contributed by atoms with Crippen LogP contribution in [0.1, 0.15) is 15.9 Å². The van der Waals surface area contributed by atoms with E-state index in [1.54, 1.807) is 6.07 Å². The van der Waals surface area contributed by atoms with Crippen LogP contribution >= 0.6 is 0 Å². The van der Waals surface area contributed by atoms with E-state index in [4.69, 9.17) is 5.73 Å². The molecule has 1 aromatic carbocycles. The van der Waals surface area contributed by atoms with Crippen molar-refractivity contribution in [1.82, 2.24) is 4.98 Å². The second kappa shape index (κ2) is 6.50. The Morgan fingerprint density at radius 3 is 2.86 bits per heavy atom. The largest absolute Gasteiger partial charge is 0.506 e. The molecule has 2 rings (SSSR count). The summed E-state index contributed by atoms with van der Waals surface area (Å²) in [5, 5.41) is 11.7. The van der Waals surface area contributed by atoms with Crippen LogP contribution < -0.4 is 11.1 Å². The van der Waals surface area contributed by atoms with Gasteiger partial charge in [-0.25, -0.2) is 4.39 Å². The summed E-state index contributed by atoms with van der Waals surface area (Å²) < 4.78 is 13.9. The molecule has 5 nitrogen and oxygen atoms in total. The third-order valence-corrected chi connectivity index (χ3v) is 2.54. The highest BCUT2D eigenvalue weighted by atomic mass is 19.1. The zero-order valence-corrected chi connectivity index (χ0v) is 10.9. The molecule has 4 N–H and O–H groups in total. The summed E-state index contributed by atoms with van der Waals surface area (Å²) >= 11 is 0. The second-order valence-electron chi connectivity index (χ2n) is 4.09. The molecule has 21 heavy (non-hydrogen) atoms. The maximum atomic E-state index is 13.9. The molecular weight excluding hydrogens is 273 g/mol. The summed E-state index contributed by atoms with van der Waals surface area (Å²) in [7, 11) is 0. The van der Waals surface area contributed by atoms with Crippen LogP contribution in [0.25, 0.3) is 0 Å².